The zero-order valence-electron chi connectivity index (χ0n) is 16.5. The molecule has 0 spiro atoms. The highest BCUT2D eigenvalue weighted by Gasteiger charge is 2.50. The molecule has 0 saturated heterocycles. The van der Waals surface area contributed by atoms with E-state index in [9.17, 15) is 8.42 Å². The molecule has 28 heavy (non-hydrogen) atoms. The van der Waals surface area contributed by atoms with Crippen LogP contribution in [0.25, 0.3) is 0 Å². The molecule has 0 amide bonds. The molecule has 3 aliphatic rings. The van der Waals surface area contributed by atoms with Crippen molar-refractivity contribution in [1.82, 2.24) is 0 Å². The second-order valence-electron chi connectivity index (χ2n) is 8.31. The van der Waals surface area contributed by atoms with Gasteiger partial charge >= 0.3 is 0 Å². The monoisotopic (exact) mass is 402 g/mol. The van der Waals surface area contributed by atoms with Crippen LogP contribution in [0.3, 0.4) is 0 Å². The minimum absolute atomic E-state index is 0.0142. The van der Waals surface area contributed by atoms with Gasteiger partial charge in [-0.15, -0.1) is 0 Å². The molecule has 2 fully saturated rings. The number of sulfone groups is 1. The second kappa shape index (κ2) is 8.03. The van der Waals surface area contributed by atoms with Crippen molar-refractivity contribution in [1.29, 1.82) is 0 Å². The normalized spacial score (nSPS) is 29.2. The summed E-state index contributed by atoms with van der Waals surface area (Å²) in [5, 5.41) is 0. The predicted octanol–water partition coefficient (Wildman–Crippen LogP) is 4.88. The van der Waals surface area contributed by atoms with E-state index in [-0.39, 0.29) is 18.1 Å². The maximum Gasteiger partial charge on any atom is 0.244 e. The van der Waals surface area contributed by atoms with Gasteiger partial charge in [0.15, 0.2) is 9.84 Å². The molecule has 1 aromatic rings. The van der Waals surface area contributed by atoms with E-state index in [1.807, 2.05) is 30.4 Å². The first-order chi connectivity index (χ1) is 13.5. The lowest BCUT2D eigenvalue weighted by atomic mass is 9.92. The average Bonchev–Trinajstić information content (AvgIpc) is 3.37. The third kappa shape index (κ3) is 3.92. The molecule has 0 heterocycles. The highest BCUT2D eigenvalue weighted by molar-refractivity contribution is 7.92. The quantitative estimate of drug-likeness (QED) is 0.636. The Labute approximate surface area is 168 Å². The van der Waals surface area contributed by atoms with Crippen LogP contribution in [0.15, 0.2) is 54.3 Å². The lowest BCUT2D eigenvalue weighted by Crippen LogP contribution is -2.46. The third-order valence-electron chi connectivity index (χ3n) is 6.17. The second-order valence-corrected chi connectivity index (χ2v) is 10.5. The van der Waals surface area contributed by atoms with Gasteiger partial charge in [-0.25, -0.2) is 8.42 Å². The molecule has 4 nitrogen and oxygen atoms in total. The molecular weight excluding hydrogens is 372 g/mol. The van der Waals surface area contributed by atoms with Gasteiger partial charge in [-0.2, -0.15) is 0 Å². The standard InChI is InChI=1S/C23H30O4S/c1-28(24,25)23(27-21-13-7-8-14-21)16-15-19(18-9-3-2-4-10-18)17-22(23)26-20-11-5-6-12-20/h2-4,9-10,15-17,19-21H,5-8,11-14H2,1H3. The number of rotatable bonds is 6. The van der Waals surface area contributed by atoms with Crippen molar-refractivity contribution in [2.24, 2.45) is 0 Å². The van der Waals surface area contributed by atoms with Crippen LogP contribution in [0.4, 0.5) is 0 Å². The van der Waals surface area contributed by atoms with E-state index in [4.69, 9.17) is 9.47 Å². The smallest absolute Gasteiger partial charge is 0.244 e. The summed E-state index contributed by atoms with van der Waals surface area (Å²) in [4.78, 5) is -1.50. The predicted molar refractivity (Wildman–Crippen MR) is 111 cm³/mol. The Morgan fingerprint density at radius 3 is 2.14 bits per heavy atom. The molecule has 4 rings (SSSR count). The van der Waals surface area contributed by atoms with Gasteiger partial charge in [-0.1, -0.05) is 49.2 Å². The summed E-state index contributed by atoms with van der Waals surface area (Å²) in [7, 11) is -3.57. The molecule has 2 atom stereocenters. The molecule has 0 radical (unpaired) electrons. The first kappa shape index (κ1) is 19.7. The molecule has 0 aliphatic heterocycles. The Morgan fingerprint density at radius 2 is 1.54 bits per heavy atom. The van der Waals surface area contributed by atoms with E-state index in [1.165, 1.54) is 6.26 Å². The van der Waals surface area contributed by atoms with Crippen molar-refractivity contribution in [3.05, 3.63) is 59.9 Å². The van der Waals surface area contributed by atoms with E-state index in [0.29, 0.717) is 5.76 Å². The summed E-state index contributed by atoms with van der Waals surface area (Å²) < 4.78 is 38.8. The van der Waals surface area contributed by atoms with Gasteiger partial charge in [0.25, 0.3) is 0 Å². The summed E-state index contributed by atoms with van der Waals surface area (Å²) >= 11 is 0. The van der Waals surface area contributed by atoms with Crippen molar-refractivity contribution in [2.75, 3.05) is 6.26 Å². The third-order valence-corrected chi connectivity index (χ3v) is 7.71. The summed E-state index contributed by atoms with van der Waals surface area (Å²) in [6.45, 7) is 0. The van der Waals surface area contributed by atoms with Gasteiger partial charge in [-0.3, -0.25) is 0 Å². The van der Waals surface area contributed by atoms with E-state index >= 15 is 0 Å². The van der Waals surface area contributed by atoms with Crippen LogP contribution < -0.4 is 0 Å². The molecule has 152 valence electrons. The fourth-order valence-electron chi connectivity index (χ4n) is 4.58. The number of allylic oxidation sites excluding steroid dienone is 2. The van der Waals surface area contributed by atoms with E-state index in [1.54, 1.807) is 6.08 Å². The number of benzene rings is 1. The van der Waals surface area contributed by atoms with Crippen molar-refractivity contribution in [3.63, 3.8) is 0 Å². The Morgan fingerprint density at radius 1 is 0.929 bits per heavy atom. The van der Waals surface area contributed by atoms with Gasteiger partial charge < -0.3 is 9.47 Å². The maximum absolute atomic E-state index is 13.0. The molecule has 0 bridgehead atoms. The minimum Gasteiger partial charge on any atom is -0.490 e. The lowest BCUT2D eigenvalue weighted by molar-refractivity contribution is -0.0348. The lowest BCUT2D eigenvalue weighted by Gasteiger charge is -2.38. The zero-order chi connectivity index (χ0) is 19.6. The van der Waals surface area contributed by atoms with Crippen LogP contribution in [0, 0.1) is 0 Å². The topological polar surface area (TPSA) is 52.6 Å². The van der Waals surface area contributed by atoms with Gasteiger partial charge in [0, 0.05) is 12.2 Å². The van der Waals surface area contributed by atoms with Crippen molar-refractivity contribution >= 4 is 9.84 Å². The molecule has 2 unspecified atom stereocenters. The number of hydrogen-bond acceptors (Lipinski definition) is 4. The minimum atomic E-state index is -3.57. The Balaban J connectivity index is 1.72. The van der Waals surface area contributed by atoms with Crippen LogP contribution in [0.2, 0.25) is 0 Å². The molecule has 0 aromatic heterocycles. The molecule has 0 N–H and O–H groups in total. The van der Waals surface area contributed by atoms with Crippen LogP contribution >= 0.6 is 0 Å². The van der Waals surface area contributed by atoms with Gasteiger partial charge in [0.2, 0.25) is 4.93 Å². The highest BCUT2D eigenvalue weighted by atomic mass is 32.2. The summed E-state index contributed by atoms with van der Waals surface area (Å²) in [5.41, 5.74) is 1.12. The first-order valence-corrected chi connectivity index (χ1v) is 12.4. The maximum atomic E-state index is 13.0. The highest BCUT2D eigenvalue weighted by Crippen LogP contribution is 2.42. The zero-order valence-corrected chi connectivity index (χ0v) is 17.4. The molecule has 1 aromatic carbocycles. The number of ether oxygens (including phenoxy) is 2. The number of hydrogen-bond donors (Lipinski definition) is 0. The molecular formula is C23H30O4S. The fraction of sp³-hybridized carbons (Fsp3) is 0.565. The van der Waals surface area contributed by atoms with E-state index in [2.05, 4.69) is 12.1 Å². The van der Waals surface area contributed by atoms with Crippen molar-refractivity contribution < 1.29 is 17.9 Å². The molecule has 5 heteroatoms. The van der Waals surface area contributed by atoms with E-state index < -0.39 is 14.8 Å². The van der Waals surface area contributed by atoms with Gasteiger partial charge in [0.1, 0.15) is 5.76 Å². The van der Waals surface area contributed by atoms with Crippen molar-refractivity contribution in [3.8, 4) is 0 Å². The largest absolute Gasteiger partial charge is 0.490 e. The Kier molecular flexibility index (Phi) is 5.66. The molecule has 2 saturated carbocycles. The van der Waals surface area contributed by atoms with E-state index in [0.717, 1.165) is 56.9 Å². The van der Waals surface area contributed by atoms with Crippen LogP contribution in [0.5, 0.6) is 0 Å². The summed E-state index contributed by atoms with van der Waals surface area (Å²) in [6.07, 6.45) is 15.1. The Bertz CT molecular complexity index is 831. The van der Waals surface area contributed by atoms with Gasteiger partial charge in [0.05, 0.1) is 12.2 Å². The Hall–Kier alpha value is -1.59. The SMILES string of the molecule is CS(=O)(=O)C1(OC2CCCC2)C=CC(c2ccccc2)C=C1OC1CCCC1. The van der Waals surface area contributed by atoms with Crippen LogP contribution in [-0.4, -0.2) is 31.8 Å². The molecule has 3 aliphatic carbocycles. The summed E-state index contributed by atoms with van der Waals surface area (Å²) in [5.74, 6) is 0.449. The van der Waals surface area contributed by atoms with Crippen LogP contribution in [-0.2, 0) is 19.3 Å². The van der Waals surface area contributed by atoms with Gasteiger partial charge in [-0.05, 0) is 56.2 Å². The fourth-order valence-corrected chi connectivity index (χ4v) is 5.70. The first-order valence-electron chi connectivity index (χ1n) is 10.5. The summed E-state index contributed by atoms with van der Waals surface area (Å²) in [6, 6.07) is 10.1. The average molecular weight is 403 g/mol. The van der Waals surface area contributed by atoms with Crippen LogP contribution in [0.1, 0.15) is 62.8 Å². The van der Waals surface area contributed by atoms with Crippen molar-refractivity contribution in [2.45, 2.75) is 74.4 Å².